The molecule has 2 heterocycles. The number of rotatable bonds is 4. The molecule has 0 bridgehead atoms. The van der Waals surface area contributed by atoms with Crippen LogP contribution < -0.4 is 0 Å². The zero-order valence-corrected chi connectivity index (χ0v) is 12.5. The van der Waals surface area contributed by atoms with E-state index < -0.39 is 5.97 Å². The molecule has 0 spiro atoms. The van der Waals surface area contributed by atoms with Crippen LogP contribution in [0, 0.1) is 11.8 Å². The average Bonchev–Trinajstić information content (AvgIpc) is 2.74. The predicted octanol–water partition coefficient (Wildman–Crippen LogP) is 1.26. The Morgan fingerprint density at radius 3 is 2.76 bits per heavy atom. The lowest BCUT2D eigenvalue weighted by molar-refractivity contribution is -0.132. The average molecular weight is 294 g/mol. The summed E-state index contributed by atoms with van der Waals surface area (Å²) in [7, 11) is 0. The lowest BCUT2D eigenvalue weighted by atomic mass is 9.89. The summed E-state index contributed by atoms with van der Waals surface area (Å²) in [5.74, 6) is 0.158. The maximum absolute atomic E-state index is 12.3. The van der Waals surface area contributed by atoms with Crippen molar-refractivity contribution < 1.29 is 14.7 Å². The second-order valence-corrected chi connectivity index (χ2v) is 5.92. The molecule has 7 nitrogen and oxygen atoms in total. The van der Waals surface area contributed by atoms with Crippen molar-refractivity contribution in [1.82, 2.24) is 19.9 Å². The molecule has 1 aromatic rings. The highest BCUT2D eigenvalue weighted by atomic mass is 16.4. The molecule has 1 aliphatic rings. The Balaban J connectivity index is 1.92. The van der Waals surface area contributed by atoms with Gasteiger partial charge in [-0.25, -0.2) is 9.48 Å². The number of nitrogens with zero attached hydrogens (tertiary/aromatic N) is 4. The van der Waals surface area contributed by atoms with E-state index in [4.69, 9.17) is 5.11 Å². The summed E-state index contributed by atoms with van der Waals surface area (Å²) in [4.78, 5) is 24.9. The summed E-state index contributed by atoms with van der Waals surface area (Å²) in [6.07, 6.45) is 4.50. The van der Waals surface area contributed by atoms with Crippen LogP contribution in [-0.2, 0) is 11.3 Å². The number of hydrogen-bond donors (Lipinski definition) is 1. The maximum atomic E-state index is 12.3. The van der Waals surface area contributed by atoms with Crippen molar-refractivity contribution in [1.29, 1.82) is 0 Å². The first kappa shape index (κ1) is 15.5. The van der Waals surface area contributed by atoms with Crippen molar-refractivity contribution >= 4 is 11.9 Å². The Bertz CT molecular complexity index is 512. The molecule has 1 amide bonds. The number of hydrogen-bond acceptors (Lipinski definition) is 4. The van der Waals surface area contributed by atoms with E-state index in [1.165, 1.54) is 10.9 Å². The van der Waals surface area contributed by atoms with Crippen LogP contribution in [0.1, 0.15) is 43.6 Å². The highest BCUT2D eigenvalue weighted by Gasteiger charge is 2.23. The zero-order valence-electron chi connectivity index (χ0n) is 12.5. The maximum Gasteiger partial charge on any atom is 0.358 e. The van der Waals surface area contributed by atoms with Gasteiger partial charge in [-0.05, 0) is 31.1 Å². The van der Waals surface area contributed by atoms with Gasteiger partial charge in [-0.15, -0.1) is 5.10 Å². The second-order valence-electron chi connectivity index (χ2n) is 5.92. The van der Waals surface area contributed by atoms with Crippen LogP contribution >= 0.6 is 0 Å². The third kappa shape index (κ3) is 4.03. The van der Waals surface area contributed by atoms with Crippen molar-refractivity contribution in [2.75, 3.05) is 13.1 Å². The van der Waals surface area contributed by atoms with Crippen molar-refractivity contribution in [2.45, 2.75) is 39.7 Å². The molecular weight excluding hydrogens is 272 g/mol. The van der Waals surface area contributed by atoms with E-state index in [2.05, 4.69) is 24.2 Å². The van der Waals surface area contributed by atoms with Crippen molar-refractivity contribution in [3.8, 4) is 0 Å². The number of likely N-dealkylation sites (tertiary alicyclic amines) is 1. The summed E-state index contributed by atoms with van der Waals surface area (Å²) < 4.78 is 1.29. The summed E-state index contributed by atoms with van der Waals surface area (Å²) >= 11 is 0. The lowest BCUT2D eigenvalue weighted by Gasteiger charge is -2.21. The van der Waals surface area contributed by atoms with Crippen molar-refractivity contribution in [3.05, 3.63) is 11.9 Å². The van der Waals surface area contributed by atoms with Gasteiger partial charge in [-0.1, -0.05) is 19.1 Å². The highest BCUT2D eigenvalue weighted by molar-refractivity contribution is 5.84. The quantitative estimate of drug-likeness (QED) is 0.903. The number of carbonyl (C=O) groups excluding carboxylic acids is 1. The molecular formula is C14H22N4O3. The van der Waals surface area contributed by atoms with Crippen LogP contribution in [-0.4, -0.2) is 50.0 Å². The van der Waals surface area contributed by atoms with E-state index in [0.717, 1.165) is 32.4 Å². The summed E-state index contributed by atoms with van der Waals surface area (Å²) in [5.41, 5.74) is -0.140. The van der Waals surface area contributed by atoms with E-state index >= 15 is 0 Å². The molecule has 1 N–H and O–H groups in total. The molecule has 1 saturated heterocycles. The van der Waals surface area contributed by atoms with Crippen LogP contribution in [0.4, 0.5) is 0 Å². The number of amides is 1. The van der Waals surface area contributed by atoms with Crippen LogP contribution in [0.15, 0.2) is 6.20 Å². The fourth-order valence-electron chi connectivity index (χ4n) is 2.75. The van der Waals surface area contributed by atoms with Gasteiger partial charge in [0.25, 0.3) is 0 Å². The monoisotopic (exact) mass is 294 g/mol. The normalized spacial score (nSPS) is 19.6. The van der Waals surface area contributed by atoms with Crippen molar-refractivity contribution in [3.63, 3.8) is 0 Å². The molecule has 0 aliphatic carbocycles. The van der Waals surface area contributed by atoms with Gasteiger partial charge in [0.05, 0.1) is 6.20 Å². The Labute approximate surface area is 123 Å². The van der Waals surface area contributed by atoms with Crippen LogP contribution in [0.5, 0.6) is 0 Å². The molecule has 1 atom stereocenters. The minimum Gasteiger partial charge on any atom is -0.476 e. The van der Waals surface area contributed by atoms with Gasteiger partial charge in [-0.2, -0.15) is 0 Å². The van der Waals surface area contributed by atoms with Crippen LogP contribution in [0.25, 0.3) is 0 Å². The predicted molar refractivity (Wildman–Crippen MR) is 75.7 cm³/mol. The van der Waals surface area contributed by atoms with E-state index in [0.29, 0.717) is 11.8 Å². The van der Waals surface area contributed by atoms with E-state index in [9.17, 15) is 9.59 Å². The summed E-state index contributed by atoms with van der Waals surface area (Å²) in [6.45, 7) is 6.04. The molecule has 21 heavy (non-hydrogen) atoms. The Morgan fingerprint density at radius 2 is 2.14 bits per heavy atom. The molecule has 116 valence electrons. The Hall–Kier alpha value is -1.92. The first-order valence-corrected chi connectivity index (χ1v) is 7.38. The largest absolute Gasteiger partial charge is 0.476 e. The SMILES string of the molecule is CC(C)C1CCCN(C(=O)Cn2cc(C(=O)O)nn2)CC1. The van der Waals surface area contributed by atoms with Gasteiger partial charge < -0.3 is 10.0 Å². The first-order valence-electron chi connectivity index (χ1n) is 7.38. The second kappa shape index (κ2) is 6.69. The molecule has 1 aliphatic heterocycles. The Morgan fingerprint density at radius 1 is 1.38 bits per heavy atom. The van der Waals surface area contributed by atoms with Gasteiger partial charge in [0, 0.05) is 13.1 Å². The Kier molecular flexibility index (Phi) is 4.93. The number of carboxylic acid groups (broad SMARTS) is 1. The number of aromatic carboxylic acids is 1. The topological polar surface area (TPSA) is 88.3 Å². The number of carbonyl (C=O) groups is 2. The number of aromatic nitrogens is 3. The lowest BCUT2D eigenvalue weighted by Crippen LogP contribution is -2.35. The minimum absolute atomic E-state index is 0.0266. The van der Waals surface area contributed by atoms with E-state index in [-0.39, 0.29) is 18.1 Å². The molecule has 1 unspecified atom stereocenters. The molecule has 0 radical (unpaired) electrons. The summed E-state index contributed by atoms with van der Waals surface area (Å²) in [6, 6.07) is 0. The molecule has 7 heteroatoms. The fraction of sp³-hybridized carbons (Fsp3) is 0.714. The highest BCUT2D eigenvalue weighted by Crippen LogP contribution is 2.24. The molecule has 0 aromatic carbocycles. The molecule has 0 saturated carbocycles. The van der Waals surface area contributed by atoms with Crippen LogP contribution in [0.2, 0.25) is 0 Å². The minimum atomic E-state index is -1.14. The third-order valence-corrected chi connectivity index (χ3v) is 4.12. The van der Waals surface area contributed by atoms with Gasteiger partial charge in [0.15, 0.2) is 5.69 Å². The molecule has 2 rings (SSSR count). The molecule has 1 aromatic heterocycles. The fourth-order valence-corrected chi connectivity index (χ4v) is 2.75. The standard InChI is InChI=1S/C14H22N4O3/c1-10(2)11-4-3-6-17(7-5-11)13(19)9-18-8-12(14(20)21)15-16-18/h8,10-11H,3-7,9H2,1-2H3,(H,20,21). The van der Waals surface area contributed by atoms with E-state index in [1.807, 2.05) is 4.90 Å². The van der Waals surface area contributed by atoms with Crippen molar-refractivity contribution in [2.24, 2.45) is 11.8 Å². The van der Waals surface area contributed by atoms with Gasteiger partial charge in [-0.3, -0.25) is 4.79 Å². The van der Waals surface area contributed by atoms with Gasteiger partial charge in [0.2, 0.25) is 5.91 Å². The van der Waals surface area contributed by atoms with Crippen LogP contribution in [0.3, 0.4) is 0 Å². The zero-order chi connectivity index (χ0) is 15.4. The van der Waals surface area contributed by atoms with Gasteiger partial charge >= 0.3 is 5.97 Å². The molecule has 1 fully saturated rings. The third-order valence-electron chi connectivity index (χ3n) is 4.12. The summed E-state index contributed by atoms with van der Waals surface area (Å²) in [5, 5.41) is 16.0. The first-order chi connectivity index (χ1) is 9.97. The van der Waals surface area contributed by atoms with E-state index in [1.54, 1.807) is 0 Å². The van der Waals surface area contributed by atoms with Gasteiger partial charge in [0.1, 0.15) is 6.54 Å². The number of carboxylic acids is 1. The smallest absolute Gasteiger partial charge is 0.358 e.